The number of hydrogen-bond acceptors (Lipinski definition) is 3. The van der Waals surface area contributed by atoms with Crippen molar-refractivity contribution in [1.29, 1.82) is 0 Å². The Hall–Kier alpha value is -2.34. The van der Waals surface area contributed by atoms with Gasteiger partial charge in [0.15, 0.2) is 0 Å². The number of likely N-dealkylation sites (N-methyl/N-ethyl adjacent to an activating group) is 1. The predicted octanol–water partition coefficient (Wildman–Crippen LogP) is 2.49. The van der Waals surface area contributed by atoms with E-state index in [2.05, 4.69) is 28.4 Å². The topological polar surface area (TPSA) is 53.4 Å². The van der Waals surface area contributed by atoms with Gasteiger partial charge in [0.25, 0.3) is 0 Å². The molecule has 2 aromatic rings. The van der Waals surface area contributed by atoms with Crippen molar-refractivity contribution in [3.8, 4) is 0 Å². The molecule has 1 N–H and O–H groups in total. The lowest BCUT2D eigenvalue weighted by Crippen LogP contribution is -2.49. The average molecular weight is 339 g/mol. The van der Waals surface area contributed by atoms with Gasteiger partial charge in [-0.25, -0.2) is 4.79 Å². The second-order valence-corrected chi connectivity index (χ2v) is 7.19. The molecule has 1 aromatic carbocycles. The molecule has 132 valence electrons. The van der Waals surface area contributed by atoms with Crippen LogP contribution in [-0.4, -0.2) is 58.3 Å². The first-order valence-corrected chi connectivity index (χ1v) is 9.01. The van der Waals surface area contributed by atoms with E-state index in [-0.39, 0.29) is 6.03 Å². The van der Waals surface area contributed by atoms with E-state index >= 15 is 0 Å². The number of fused-ring (bicyclic) bond motifs is 1. The fourth-order valence-corrected chi connectivity index (χ4v) is 4.07. The number of piperidine rings is 1. The Morgan fingerprint density at radius 2 is 2.16 bits per heavy atom. The largest absolute Gasteiger partial charge is 0.322 e. The molecule has 0 bridgehead atoms. The number of amides is 2. The second-order valence-electron chi connectivity index (χ2n) is 7.19. The SMILES string of the molecule is CN1CC[C@H]2CCN(C(=O)Nc3cccc(Cn4cccn4)c3)[C@H]2C1. The van der Waals surface area contributed by atoms with Gasteiger partial charge in [-0.1, -0.05) is 12.1 Å². The van der Waals surface area contributed by atoms with E-state index in [1.54, 1.807) is 6.20 Å². The van der Waals surface area contributed by atoms with E-state index in [9.17, 15) is 4.79 Å². The maximum absolute atomic E-state index is 12.8. The lowest BCUT2D eigenvalue weighted by molar-refractivity contribution is 0.137. The van der Waals surface area contributed by atoms with Crippen molar-refractivity contribution < 1.29 is 4.79 Å². The number of nitrogens with one attached hydrogen (secondary N) is 1. The highest BCUT2D eigenvalue weighted by Gasteiger charge is 2.39. The minimum atomic E-state index is 0.0269. The Balaban J connectivity index is 1.42. The Bertz CT molecular complexity index is 729. The molecule has 6 heteroatoms. The van der Waals surface area contributed by atoms with Gasteiger partial charge < -0.3 is 15.1 Å². The van der Waals surface area contributed by atoms with Crippen molar-refractivity contribution in [2.24, 2.45) is 5.92 Å². The van der Waals surface area contributed by atoms with Crippen LogP contribution >= 0.6 is 0 Å². The molecule has 1 aromatic heterocycles. The van der Waals surface area contributed by atoms with Gasteiger partial charge >= 0.3 is 6.03 Å². The highest BCUT2D eigenvalue weighted by atomic mass is 16.2. The van der Waals surface area contributed by atoms with Crippen LogP contribution in [0.4, 0.5) is 10.5 Å². The third kappa shape index (κ3) is 3.54. The fourth-order valence-electron chi connectivity index (χ4n) is 4.07. The first kappa shape index (κ1) is 16.1. The van der Waals surface area contributed by atoms with E-state index in [1.165, 1.54) is 6.42 Å². The second kappa shape index (κ2) is 6.88. The van der Waals surface area contributed by atoms with Crippen LogP contribution in [0.1, 0.15) is 18.4 Å². The molecular weight excluding hydrogens is 314 g/mol. The Morgan fingerprint density at radius 3 is 3.00 bits per heavy atom. The molecule has 2 aliphatic heterocycles. The summed E-state index contributed by atoms with van der Waals surface area (Å²) in [6, 6.07) is 10.3. The predicted molar refractivity (Wildman–Crippen MR) is 97.5 cm³/mol. The molecule has 2 fully saturated rings. The summed E-state index contributed by atoms with van der Waals surface area (Å²) in [5.74, 6) is 0.660. The van der Waals surface area contributed by atoms with Crippen molar-refractivity contribution in [3.05, 3.63) is 48.3 Å². The first-order valence-electron chi connectivity index (χ1n) is 9.01. The molecule has 2 amide bonds. The van der Waals surface area contributed by atoms with Crippen LogP contribution in [0.2, 0.25) is 0 Å². The van der Waals surface area contributed by atoms with E-state index in [0.717, 1.165) is 37.3 Å². The molecule has 3 heterocycles. The number of likely N-dealkylation sites (tertiary alicyclic amines) is 2. The third-order valence-corrected chi connectivity index (χ3v) is 5.41. The van der Waals surface area contributed by atoms with Gasteiger partial charge in [0.2, 0.25) is 0 Å². The maximum Gasteiger partial charge on any atom is 0.322 e. The zero-order valence-corrected chi connectivity index (χ0v) is 14.6. The highest BCUT2D eigenvalue weighted by molar-refractivity contribution is 5.89. The van der Waals surface area contributed by atoms with E-state index in [4.69, 9.17) is 0 Å². The van der Waals surface area contributed by atoms with Gasteiger partial charge in [0, 0.05) is 37.2 Å². The average Bonchev–Trinajstić information content (AvgIpc) is 3.24. The van der Waals surface area contributed by atoms with E-state index < -0.39 is 0 Å². The van der Waals surface area contributed by atoms with Crippen molar-refractivity contribution in [2.75, 3.05) is 32.0 Å². The molecule has 2 aliphatic rings. The van der Waals surface area contributed by atoms with Crippen LogP contribution in [0.3, 0.4) is 0 Å². The molecule has 0 radical (unpaired) electrons. The molecule has 4 rings (SSSR count). The number of rotatable bonds is 3. The third-order valence-electron chi connectivity index (χ3n) is 5.41. The molecule has 0 saturated carbocycles. The fraction of sp³-hybridized carbons (Fsp3) is 0.474. The van der Waals surface area contributed by atoms with Gasteiger partial charge in [0.1, 0.15) is 0 Å². The van der Waals surface area contributed by atoms with E-state index in [0.29, 0.717) is 18.5 Å². The number of nitrogens with zero attached hydrogens (tertiary/aromatic N) is 4. The summed E-state index contributed by atoms with van der Waals surface area (Å²) in [4.78, 5) is 17.1. The van der Waals surface area contributed by atoms with Crippen molar-refractivity contribution in [1.82, 2.24) is 19.6 Å². The zero-order valence-electron chi connectivity index (χ0n) is 14.6. The normalized spacial score (nSPS) is 23.5. The summed E-state index contributed by atoms with van der Waals surface area (Å²) >= 11 is 0. The molecule has 0 spiro atoms. The number of aromatic nitrogens is 2. The van der Waals surface area contributed by atoms with Gasteiger partial charge in [-0.3, -0.25) is 4.68 Å². The molecule has 6 nitrogen and oxygen atoms in total. The lowest BCUT2D eigenvalue weighted by atomic mass is 9.92. The monoisotopic (exact) mass is 339 g/mol. The van der Waals surface area contributed by atoms with Gasteiger partial charge in [0.05, 0.1) is 6.54 Å². The molecular formula is C19H25N5O. The van der Waals surface area contributed by atoms with Crippen LogP contribution in [-0.2, 0) is 6.54 Å². The molecule has 2 saturated heterocycles. The number of hydrogen-bond donors (Lipinski definition) is 1. The Morgan fingerprint density at radius 1 is 1.28 bits per heavy atom. The quantitative estimate of drug-likeness (QED) is 0.935. The summed E-state index contributed by atoms with van der Waals surface area (Å²) in [6.07, 6.45) is 6.04. The molecule has 0 unspecified atom stereocenters. The van der Waals surface area contributed by atoms with Crippen LogP contribution in [0.5, 0.6) is 0 Å². The molecule has 0 aliphatic carbocycles. The van der Waals surface area contributed by atoms with Crippen LogP contribution in [0.25, 0.3) is 0 Å². The highest BCUT2D eigenvalue weighted by Crippen LogP contribution is 2.31. The maximum atomic E-state index is 12.8. The smallest absolute Gasteiger partial charge is 0.320 e. The summed E-state index contributed by atoms with van der Waals surface area (Å²) < 4.78 is 1.88. The number of urea groups is 1. The van der Waals surface area contributed by atoms with Crippen LogP contribution in [0, 0.1) is 5.92 Å². The van der Waals surface area contributed by atoms with Crippen LogP contribution in [0.15, 0.2) is 42.7 Å². The van der Waals surface area contributed by atoms with Crippen molar-refractivity contribution >= 4 is 11.7 Å². The van der Waals surface area contributed by atoms with Gasteiger partial charge in [-0.15, -0.1) is 0 Å². The summed E-state index contributed by atoms with van der Waals surface area (Å²) in [7, 11) is 2.14. The minimum absolute atomic E-state index is 0.0269. The lowest BCUT2D eigenvalue weighted by Gasteiger charge is -2.36. The van der Waals surface area contributed by atoms with Crippen LogP contribution < -0.4 is 5.32 Å². The molecule has 2 atom stereocenters. The number of carbonyl (C=O) groups is 1. The van der Waals surface area contributed by atoms with Gasteiger partial charge in [-0.05, 0) is 56.1 Å². The van der Waals surface area contributed by atoms with Gasteiger partial charge in [-0.2, -0.15) is 5.10 Å². The summed E-state index contributed by atoms with van der Waals surface area (Å²) in [6.45, 7) is 3.70. The number of carbonyl (C=O) groups excluding carboxylic acids is 1. The van der Waals surface area contributed by atoms with Crippen molar-refractivity contribution in [3.63, 3.8) is 0 Å². The summed E-state index contributed by atoms with van der Waals surface area (Å²) in [5, 5.41) is 7.32. The first-order chi connectivity index (χ1) is 12.2. The number of anilines is 1. The molecule has 25 heavy (non-hydrogen) atoms. The van der Waals surface area contributed by atoms with E-state index in [1.807, 2.05) is 40.0 Å². The Labute approximate surface area is 148 Å². The number of benzene rings is 1. The minimum Gasteiger partial charge on any atom is -0.320 e. The Kier molecular flexibility index (Phi) is 4.44. The standard InChI is InChI=1S/C19H25N5O/c1-22-10-6-16-7-11-24(18(16)14-22)19(25)21-17-5-2-4-15(12-17)13-23-9-3-8-20-23/h2-5,8-9,12,16,18H,6-7,10-11,13-14H2,1H3,(H,21,25)/t16-,18-/m0/s1. The summed E-state index contributed by atoms with van der Waals surface area (Å²) in [5.41, 5.74) is 1.97. The van der Waals surface area contributed by atoms with Crippen molar-refractivity contribution in [2.45, 2.75) is 25.4 Å². The zero-order chi connectivity index (χ0) is 17.2.